The predicted octanol–water partition coefficient (Wildman–Crippen LogP) is 1.71. The van der Waals surface area contributed by atoms with Gasteiger partial charge >= 0.3 is 0 Å². The molecule has 0 saturated carbocycles. The second-order valence-electron chi connectivity index (χ2n) is 3.82. The lowest BCUT2D eigenvalue weighted by Gasteiger charge is -2.23. The Labute approximate surface area is 77.3 Å². The van der Waals surface area contributed by atoms with Crippen LogP contribution in [0.4, 0.5) is 0 Å². The molecule has 0 saturated heterocycles. The molecule has 0 fully saturated rings. The third-order valence-corrected chi connectivity index (χ3v) is 2.37. The first kappa shape index (κ1) is 11.9. The van der Waals surface area contributed by atoms with E-state index in [2.05, 4.69) is 45.0 Å². The van der Waals surface area contributed by atoms with Crippen LogP contribution < -0.4 is 5.32 Å². The summed E-state index contributed by atoms with van der Waals surface area (Å²) in [5, 5.41) is 3.43. The minimum absolute atomic E-state index is 0.615. The summed E-state index contributed by atoms with van der Waals surface area (Å²) < 4.78 is 0. The third kappa shape index (κ3) is 5.56. The van der Waals surface area contributed by atoms with Gasteiger partial charge in [0.1, 0.15) is 0 Å². The minimum atomic E-state index is 0.615. The first-order chi connectivity index (χ1) is 5.57. The Hall–Kier alpha value is -0.0800. The zero-order chi connectivity index (χ0) is 9.56. The summed E-state index contributed by atoms with van der Waals surface area (Å²) in [5.74, 6) is 0. The Balaban J connectivity index is 3.37. The zero-order valence-electron chi connectivity index (χ0n) is 9.22. The summed E-state index contributed by atoms with van der Waals surface area (Å²) in [6, 6.07) is 1.31. The maximum Gasteiger partial charge on any atom is 0.00758 e. The van der Waals surface area contributed by atoms with Crippen LogP contribution >= 0.6 is 0 Å². The summed E-state index contributed by atoms with van der Waals surface area (Å²) in [7, 11) is 2.18. The molecule has 74 valence electrons. The molecule has 0 aromatic rings. The fourth-order valence-corrected chi connectivity index (χ4v) is 1.11. The molecule has 1 unspecified atom stereocenters. The predicted molar refractivity (Wildman–Crippen MR) is 55.5 cm³/mol. The monoisotopic (exact) mass is 172 g/mol. The van der Waals surface area contributed by atoms with Crippen molar-refractivity contribution in [1.82, 2.24) is 10.2 Å². The largest absolute Gasteiger partial charge is 0.314 e. The van der Waals surface area contributed by atoms with E-state index in [1.807, 2.05) is 0 Å². The van der Waals surface area contributed by atoms with Gasteiger partial charge in [-0.2, -0.15) is 0 Å². The highest BCUT2D eigenvalue weighted by molar-refractivity contribution is 4.64. The van der Waals surface area contributed by atoms with Crippen LogP contribution in [0.2, 0.25) is 0 Å². The van der Waals surface area contributed by atoms with Crippen LogP contribution in [0.15, 0.2) is 0 Å². The SMILES string of the molecule is CCN(C)C(C)CCNC(C)C. The number of nitrogens with one attached hydrogen (secondary N) is 1. The quantitative estimate of drug-likeness (QED) is 0.656. The summed E-state index contributed by atoms with van der Waals surface area (Å²) in [5.41, 5.74) is 0. The molecular formula is C10H24N2. The molecule has 1 N–H and O–H groups in total. The highest BCUT2D eigenvalue weighted by Crippen LogP contribution is 1.98. The molecule has 1 atom stereocenters. The molecule has 0 radical (unpaired) electrons. The lowest BCUT2D eigenvalue weighted by molar-refractivity contribution is 0.255. The van der Waals surface area contributed by atoms with Crippen molar-refractivity contribution in [2.75, 3.05) is 20.1 Å². The lowest BCUT2D eigenvalue weighted by atomic mass is 10.2. The average Bonchev–Trinajstić information content (AvgIpc) is 2.02. The maximum atomic E-state index is 3.43. The topological polar surface area (TPSA) is 15.3 Å². The van der Waals surface area contributed by atoms with Crippen LogP contribution in [-0.4, -0.2) is 37.1 Å². The van der Waals surface area contributed by atoms with Crippen molar-refractivity contribution in [3.63, 3.8) is 0 Å². The van der Waals surface area contributed by atoms with Crippen molar-refractivity contribution in [1.29, 1.82) is 0 Å². The smallest absolute Gasteiger partial charge is 0.00758 e. The molecule has 0 rings (SSSR count). The van der Waals surface area contributed by atoms with Gasteiger partial charge in [-0.15, -0.1) is 0 Å². The highest BCUT2D eigenvalue weighted by atomic mass is 15.1. The van der Waals surface area contributed by atoms with Crippen LogP contribution in [0.1, 0.15) is 34.1 Å². The van der Waals surface area contributed by atoms with E-state index in [-0.39, 0.29) is 0 Å². The lowest BCUT2D eigenvalue weighted by Crippen LogP contribution is -2.33. The van der Waals surface area contributed by atoms with Crippen LogP contribution in [0.5, 0.6) is 0 Å². The molecule has 0 aliphatic rings. The van der Waals surface area contributed by atoms with Gasteiger partial charge in [0.25, 0.3) is 0 Å². The minimum Gasteiger partial charge on any atom is -0.314 e. The second-order valence-corrected chi connectivity index (χ2v) is 3.82. The fraction of sp³-hybridized carbons (Fsp3) is 1.00. The molecule has 0 aliphatic heterocycles. The van der Waals surface area contributed by atoms with Crippen LogP contribution in [-0.2, 0) is 0 Å². The number of nitrogens with zero attached hydrogens (tertiary/aromatic N) is 1. The molecular weight excluding hydrogens is 148 g/mol. The van der Waals surface area contributed by atoms with Crippen molar-refractivity contribution in [2.45, 2.75) is 46.2 Å². The second kappa shape index (κ2) is 6.44. The van der Waals surface area contributed by atoms with Gasteiger partial charge in [-0.25, -0.2) is 0 Å². The van der Waals surface area contributed by atoms with E-state index in [1.165, 1.54) is 6.42 Å². The van der Waals surface area contributed by atoms with E-state index < -0.39 is 0 Å². The zero-order valence-corrected chi connectivity index (χ0v) is 9.22. The molecule has 0 amide bonds. The number of hydrogen-bond acceptors (Lipinski definition) is 2. The molecule has 0 bridgehead atoms. The molecule has 2 nitrogen and oxygen atoms in total. The van der Waals surface area contributed by atoms with Crippen molar-refractivity contribution in [3.8, 4) is 0 Å². The van der Waals surface area contributed by atoms with E-state index >= 15 is 0 Å². The Morgan fingerprint density at radius 2 is 1.83 bits per heavy atom. The van der Waals surface area contributed by atoms with Crippen molar-refractivity contribution in [2.24, 2.45) is 0 Å². The number of hydrogen-bond donors (Lipinski definition) is 1. The summed E-state index contributed by atoms with van der Waals surface area (Å²) >= 11 is 0. The first-order valence-electron chi connectivity index (χ1n) is 5.01. The standard InChI is InChI=1S/C10H24N2/c1-6-12(5)10(4)7-8-11-9(2)3/h9-11H,6-8H2,1-5H3. The van der Waals surface area contributed by atoms with Crippen molar-refractivity contribution >= 4 is 0 Å². The molecule has 0 aromatic heterocycles. The third-order valence-electron chi connectivity index (χ3n) is 2.37. The molecule has 0 spiro atoms. The molecule has 12 heavy (non-hydrogen) atoms. The molecule has 0 aromatic carbocycles. The Kier molecular flexibility index (Phi) is 6.39. The van der Waals surface area contributed by atoms with Crippen LogP contribution in [0.3, 0.4) is 0 Å². The average molecular weight is 172 g/mol. The van der Waals surface area contributed by atoms with Gasteiger partial charge in [0, 0.05) is 12.1 Å². The highest BCUT2D eigenvalue weighted by Gasteiger charge is 2.05. The van der Waals surface area contributed by atoms with Gasteiger partial charge in [0.15, 0.2) is 0 Å². The van der Waals surface area contributed by atoms with Gasteiger partial charge < -0.3 is 10.2 Å². The number of rotatable bonds is 6. The van der Waals surface area contributed by atoms with Gasteiger partial charge in [0.05, 0.1) is 0 Å². The van der Waals surface area contributed by atoms with E-state index in [4.69, 9.17) is 0 Å². The van der Waals surface area contributed by atoms with Gasteiger partial charge in [-0.3, -0.25) is 0 Å². The normalized spacial score (nSPS) is 14.2. The van der Waals surface area contributed by atoms with Crippen molar-refractivity contribution in [3.05, 3.63) is 0 Å². The van der Waals surface area contributed by atoms with Gasteiger partial charge in [0.2, 0.25) is 0 Å². The summed E-state index contributed by atoms with van der Waals surface area (Å²) in [6.07, 6.45) is 1.24. The van der Waals surface area contributed by atoms with Gasteiger partial charge in [-0.05, 0) is 33.5 Å². The van der Waals surface area contributed by atoms with Crippen molar-refractivity contribution < 1.29 is 0 Å². The van der Waals surface area contributed by atoms with Crippen LogP contribution in [0.25, 0.3) is 0 Å². The molecule has 0 heterocycles. The Bertz CT molecular complexity index is 102. The van der Waals surface area contributed by atoms with E-state index in [1.54, 1.807) is 0 Å². The molecule has 2 heteroatoms. The Morgan fingerprint density at radius 3 is 2.25 bits per heavy atom. The van der Waals surface area contributed by atoms with E-state index in [0.29, 0.717) is 12.1 Å². The van der Waals surface area contributed by atoms with Gasteiger partial charge in [-0.1, -0.05) is 20.8 Å². The Morgan fingerprint density at radius 1 is 1.25 bits per heavy atom. The van der Waals surface area contributed by atoms with Crippen LogP contribution in [0, 0.1) is 0 Å². The fourth-order valence-electron chi connectivity index (χ4n) is 1.11. The first-order valence-corrected chi connectivity index (χ1v) is 5.01. The van der Waals surface area contributed by atoms with E-state index in [0.717, 1.165) is 13.1 Å². The van der Waals surface area contributed by atoms with E-state index in [9.17, 15) is 0 Å². The summed E-state index contributed by atoms with van der Waals surface area (Å²) in [4.78, 5) is 2.38. The maximum absolute atomic E-state index is 3.43. The molecule has 0 aliphatic carbocycles. The summed E-state index contributed by atoms with van der Waals surface area (Å²) in [6.45, 7) is 11.1.